The number of ether oxygens (including phenoxy) is 2. The van der Waals surface area contributed by atoms with E-state index >= 15 is 0 Å². The molecule has 0 aliphatic carbocycles. The zero-order chi connectivity index (χ0) is 18.7. The molecule has 1 amide bonds. The lowest BCUT2D eigenvalue weighted by Gasteiger charge is -2.18. The maximum absolute atomic E-state index is 12.1. The average molecular weight is 353 g/mol. The predicted molar refractivity (Wildman–Crippen MR) is 103 cm³/mol. The first-order valence-electron chi connectivity index (χ1n) is 9.21. The van der Waals surface area contributed by atoms with E-state index in [1.165, 1.54) is 5.56 Å². The van der Waals surface area contributed by atoms with Gasteiger partial charge >= 0.3 is 0 Å². The molecule has 0 spiro atoms. The third kappa shape index (κ3) is 4.18. The first kappa shape index (κ1) is 18.3. The SMILES string of the molecule is CCC(C)NC(=O)c1ccc(COc2cccc3c2OC(C)(C)C3)cc1. The molecular formula is C22H27NO3. The van der Waals surface area contributed by atoms with Crippen molar-refractivity contribution in [3.8, 4) is 11.5 Å². The molecule has 1 atom stereocenters. The van der Waals surface area contributed by atoms with Crippen LogP contribution in [0.25, 0.3) is 0 Å². The summed E-state index contributed by atoms with van der Waals surface area (Å²) in [5.74, 6) is 1.58. The minimum Gasteiger partial charge on any atom is -0.485 e. The van der Waals surface area contributed by atoms with E-state index in [0.29, 0.717) is 12.2 Å². The summed E-state index contributed by atoms with van der Waals surface area (Å²) in [7, 11) is 0. The summed E-state index contributed by atoms with van der Waals surface area (Å²) in [5, 5.41) is 2.97. The average Bonchev–Trinajstić information content (AvgIpc) is 2.94. The summed E-state index contributed by atoms with van der Waals surface area (Å²) in [6.07, 6.45) is 1.80. The van der Waals surface area contributed by atoms with Gasteiger partial charge in [0, 0.05) is 23.6 Å². The molecule has 2 aromatic carbocycles. The van der Waals surface area contributed by atoms with Gasteiger partial charge in [0.15, 0.2) is 11.5 Å². The van der Waals surface area contributed by atoms with Gasteiger partial charge in [0.05, 0.1) is 0 Å². The summed E-state index contributed by atoms with van der Waals surface area (Å²) in [4.78, 5) is 12.1. The molecule has 0 aromatic heterocycles. The second-order valence-corrected chi connectivity index (χ2v) is 7.55. The van der Waals surface area contributed by atoms with Gasteiger partial charge in [-0.1, -0.05) is 31.2 Å². The van der Waals surface area contributed by atoms with Crippen molar-refractivity contribution in [2.24, 2.45) is 0 Å². The maximum Gasteiger partial charge on any atom is 0.251 e. The molecular weight excluding hydrogens is 326 g/mol. The molecule has 4 nitrogen and oxygen atoms in total. The van der Waals surface area contributed by atoms with Crippen molar-refractivity contribution in [2.45, 2.75) is 58.8 Å². The van der Waals surface area contributed by atoms with E-state index < -0.39 is 0 Å². The van der Waals surface area contributed by atoms with Gasteiger partial charge < -0.3 is 14.8 Å². The Kier molecular flexibility index (Phi) is 5.21. The highest BCUT2D eigenvalue weighted by Crippen LogP contribution is 2.41. The Bertz CT molecular complexity index is 780. The molecule has 0 saturated heterocycles. The number of para-hydroxylation sites is 1. The molecule has 2 aromatic rings. The van der Waals surface area contributed by atoms with Crippen LogP contribution in [0.3, 0.4) is 0 Å². The molecule has 26 heavy (non-hydrogen) atoms. The summed E-state index contributed by atoms with van der Waals surface area (Å²) in [6.45, 7) is 8.66. The van der Waals surface area contributed by atoms with Gasteiger partial charge in [0.1, 0.15) is 12.2 Å². The quantitative estimate of drug-likeness (QED) is 0.831. The van der Waals surface area contributed by atoms with Gasteiger partial charge in [0.25, 0.3) is 5.91 Å². The van der Waals surface area contributed by atoms with Crippen molar-refractivity contribution >= 4 is 5.91 Å². The third-order valence-electron chi connectivity index (χ3n) is 4.66. The van der Waals surface area contributed by atoms with E-state index in [2.05, 4.69) is 32.2 Å². The molecule has 138 valence electrons. The van der Waals surface area contributed by atoms with Crippen LogP contribution in [0.2, 0.25) is 0 Å². The predicted octanol–water partition coefficient (Wildman–Crippen LogP) is 4.51. The third-order valence-corrected chi connectivity index (χ3v) is 4.66. The van der Waals surface area contributed by atoms with Crippen LogP contribution >= 0.6 is 0 Å². The normalized spacial score (nSPS) is 15.7. The number of carbonyl (C=O) groups is 1. The standard InChI is InChI=1S/C22H27NO3/c1-5-15(2)23-21(24)17-11-9-16(10-12-17)14-25-19-8-6-7-18-13-22(3,4)26-20(18)19/h6-12,15H,5,13-14H2,1-4H3,(H,23,24). The number of rotatable bonds is 6. The first-order chi connectivity index (χ1) is 12.4. The Balaban J connectivity index is 1.63. The molecule has 3 rings (SSSR count). The van der Waals surface area contributed by atoms with Crippen molar-refractivity contribution in [3.63, 3.8) is 0 Å². The fourth-order valence-corrected chi connectivity index (χ4v) is 3.02. The zero-order valence-electron chi connectivity index (χ0n) is 16.0. The minimum atomic E-state index is -0.188. The van der Waals surface area contributed by atoms with Gasteiger partial charge in [0.2, 0.25) is 0 Å². The molecule has 1 heterocycles. The molecule has 0 bridgehead atoms. The van der Waals surface area contributed by atoms with Crippen LogP contribution < -0.4 is 14.8 Å². The monoisotopic (exact) mass is 353 g/mol. The molecule has 4 heteroatoms. The number of fused-ring (bicyclic) bond motifs is 1. The van der Waals surface area contributed by atoms with Crippen LogP contribution in [0.4, 0.5) is 0 Å². The fourth-order valence-electron chi connectivity index (χ4n) is 3.02. The van der Waals surface area contributed by atoms with Gasteiger partial charge in [-0.05, 0) is 51.0 Å². The molecule has 1 N–H and O–H groups in total. The lowest BCUT2D eigenvalue weighted by atomic mass is 10.0. The van der Waals surface area contributed by atoms with Crippen LogP contribution in [0, 0.1) is 0 Å². The number of amides is 1. The van der Waals surface area contributed by atoms with Crippen molar-refractivity contribution in [3.05, 3.63) is 59.2 Å². The number of benzene rings is 2. The summed E-state index contributed by atoms with van der Waals surface area (Å²) in [6, 6.07) is 13.7. The van der Waals surface area contributed by atoms with Gasteiger partial charge in [-0.15, -0.1) is 0 Å². The Labute approximate surface area is 155 Å². The molecule has 0 saturated carbocycles. The van der Waals surface area contributed by atoms with E-state index in [4.69, 9.17) is 9.47 Å². The van der Waals surface area contributed by atoms with E-state index in [-0.39, 0.29) is 17.6 Å². The highest BCUT2D eigenvalue weighted by Gasteiger charge is 2.32. The van der Waals surface area contributed by atoms with Crippen LogP contribution in [0.15, 0.2) is 42.5 Å². The van der Waals surface area contributed by atoms with Crippen LogP contribution in [0.1, 0.15) is 55.6 Å². The number of hydrogen-bond acceptors (Lipinski definition) is 3. The highest BCUT2D eigenvalue weighted by atomic mass is 16.5. The van der Waals surface area contributed by atoms with E-state index in [9.17, 15) is 4.79 Å². The largest absolute Gasteiger partial charge is 0.485 e. The van der Waals surface area contributed by atoms with Crippen LogP contribution in [0.5, 0.6) is 11.5 Å². The Morgan fingerprint density at radius 1 is 1.23 bits per heavy atom. The lowest BCUT2D eigenvalue weighted by Crippen LogP contribution is -2.31. The molecule has 0 radical (unpaired) electrons. The Morgan fingerprint density at radius 3 is 2.65 bits per heavy atom. The van der Waals surface area contributed by atoms with Crippen molar-refractivity contribution < 1.29 is 14.3 Å². The van der Waals surface area contributed by atoms with Crippen LogP contribution in [-0.2, 0) is 13.0 Å². The van der Waals surface area contributed by atoms with Crippen molar-refractivity contribution in [2.75, 3.05) is 0 Å². The molecule has 1 aliphatic rings. The molecule has 0 fully saturated rings. The maximum atomic E-state index is 12.1. The Hall–Kier alpha value is -2.49. The van der Waals surface area contributed by atoms with E-state index in [1.807, 2.05) is 43.3 Å². The lowest BCUT2D eigenvalue weighted by molar-refractivity contribution is 0.0939. The van der Waals surface area contributed by atoms with E-state index in [1.54, 1.807) is 0 Å². The van der Waals surface area contributed by atoms with Gasteiger partial charge in [-0.3, -0.25) is 4.79 Å². The summed E-state index contributed by atoms with van der Waals surface area (Å²) < 4.78 is 12.0. The van der Waals surface area contributed by atoms with Gasteiger partial charge in [-0.25, -0.2) is 0 Å². The molecule has 1 unspecified atom stereocenters. The van der Waals surface area contributed by atoms with Gasteiger partial charge in [-0.2, -0.15) is 0 Å². The minimum absolute atomic E-state index is 0.0386. The smallest absolute Gasteiger partial charge is 0.251 e. The highest BCUT2D eigenvalue weighted by molar-refractivity contribution is 5.94. The number of nitrogens with one attached hydrogen (secondary N) is 1. The Morgan fingerprint density at radius 2 is 1.96 bits per heavy atom. The molecule has 1 aliphatic heterocycles. The second kappa shape index (κ2) is 7.40. The van der Waals surface area contributed by atoms with E-state index in [0.717, 1.165) is 29.9 Å². The second-order valence-electron chi connectivity index (χ2n) is 7.55. The number of hydrogen-bond donors (Lipinski definition) is 1. The van der Waals surface area contributed by atoms with Crippen molar-refractivity contribution in [1.29, 1.82) is 0 Å². The zero-order valence-corrected chi connectivity index (χ0v) is 16.0. The fraction of sp³-hybridized carbons (Fsp3) is 0.409. The summed E-state index contributed by atoms with van der Waals surface area (Å²) >= 11 is 0. The summed E-state index contributed by atoms with van der Waals surface area (Å²) in [5.41, 5.74) is 2.68. The number of carbonyl (C=O) groups excluding carboxylic acids is 1. The topological polar surface area (TPSA) is 47.6 Å². The van der Waals surface area contributed by atoms with Crippen molar-refractivity contribution in [1.82, 2.24) is 5.32 Å². The first-order valence-corrected chi connectivity index (χ1v) is 9.21. The van der Waals surface area contributed by atoms with Crippen LogP contribution in [-0.4, -0.2) is 17.6 Å².